The van der Waals surface area contributed by atoms with E-state index in [1.165, 1.54) is 16.2 Å². The average Bonchev–Trinajstić information content (AvgIpc) is 2.86. The van der Waals surface area contributed by atoms with E-state index in [1.807, 2.05) is 24.3 Å². The molecule has 2 aromatic rings. The molecule has 0 fully saturated rings. The van der Waals surface area contributed by atoms with Gasteiger partial charge >= 0.3 is 0 Å². The maximum atomic E-state index is 11.8. The van der Waals surface area contributed by atoms with Gasteiger partial charge in [0.2, 0.25) is 11.0 Å². The van der Waals surface area contributed by atoms with Crippen molar-refractivity contribution in [3.63, 3.8) is 0 Å². The van der Waals surface area contributed by atoms with Gasteiger partial charge in [-0.25, -0.2) is 0 Å². The van der Waals surface area contributed by atoms with Crippen LogP contribution >= 0.6 is 22.9 Å². The predicted octanol–water partition coefficient (Wildman–Crippen LogP) is 2.75. The maximum Gasteiger partial charge on any atom is 0.244 e. The zero-order valence-corrected chi connectivity index (χ0v) is 13.0. The monoisotopic (exact) mass is 310 g/mol. The van der Waals surface area contributed by atoms with Crippen LogP contribution in [0.2, 0.25) is 5.02 Å². The number of rotatable bonds is 4. The fraction of sp³-hybridized carbons (Fsp3) is 0.308. The number of benzene rings is 1. The molecule has 1 amide bonds. The van der Waals surface area contributed by atoms with Crippen molar-refractivity contribution in [1.29, 1.82) is 0 Å². The molecule has 1 aromatic carbocycles. The standard InChI is InChI=1S/C13H15ClN4OS/c1-8(12(19)18(2)3)15-13-17-16-11(20-13)9-6-4-5-7-10(9)14/h4-8H,1-3H3,(H,15,17)/t8-/m0/s1. The molecule has 0 aliphatic rings. The highest BCUT2D eigenvalue weighted by Gasteiger charge is 2.17. The summed E-state index contributed by atoms with van der Waals surface area (Å²) in [4.78, 5) is 13.3. The predicted molar refractivity (Wildman–Crippen MR) is 82.1 cm³/mol. The smallest absolute Gasteiger partial charge is 0.244 e. The molecule has 2 rings (SSSR count). The Labute approximate surface area is 126 Å². The van der Waals surface area contributed by atoms with Crippen LogP contribution in [0.1, 0.15) is 6.92 Å². The third kappa shape index (κ3) is 3.26. The number of halogens is 1. The first kappa shape index (κ1) is 14.7. The van der Waals surface area contributed by atoms with E-state index >= 15 is 0 Å². The number of aromatic nitrogens is 2. The molecule has 0 saturated carbocycles. The minimum absolute atomic E-state index is 0.0144. The summed E-state index contributed by atoms with van der Waals surface area (Å²) in [5.74, 6) is -0.0144. The Morgan fingerprint density at radius 3 is 2.70 bits per heavy atom. The molecule has 0 bridgehead atoms. The molecule has 1 heterocycles. The summed E-state index contributed by atoms with van der Waals surface area (Å²) in [6.07, 6.45) is 0. The van der Waals surface area contributed by atoms with Crippen LogP contribution < -0.4 is 5.32 Å². The van der Waals surface area contributed by atoms with Crippen LogP contribution in [-0.4, -0.2) is 41.1 Å². The molecule has 0 spiro atoms. The van der Waals surface area contributed by atoms with Crippen molar-refractivity contribution in [2.24, 2.45) is 0 Å². The van der Waals surface area contributed by atoms with Gasteiger partial charge in [-0.15, -0.1) is 10.2 Å². The largest absolute Gasteiger partial charge is 0.349 e. The lowest BCUT2D eigenvalue weighted by molar-refractivity contribution is -0.129. The molecule has 5 nitrogen and oxygen atoms in total. The number of likely N-dealkylation sites (N-methyl/N-ethyl adjacent to an activating group) is 1. The summed E-state index contributed by atoms with van der Waals surface area (Å²) in [5.41, 5.74) is 0.839. The summed E-state index contributed by atoms with van der Waals surface area (Å²) in [6, 6.07) is 7.11. The van der Waals surface area contributed by atoms with Gasteiger partial charge in [0.05, 0.1) is 5.02 Å². The van der Waals surface area contributed by atoms with Gasteiger partial charge in [0.15, 0.2) is 5.01 Å². The fourth-order valence-electron chi connectivity index (χ4n) is 1.66. The number of carbonyl (C=O) groups is 1. The lowest BCUT2D eigenvalue weighted by atomic mass is 10.2. The summed E-state index contributed by atoms with van der Waals surface area (Å²) >= 11 is 7.49. The van der Waals surface area contributed by atoms with Gasteiger partial charge in [0.1, 0.15) is 6.04 Å². The minimum Gasteiger partial charge on any atom is -0.349 e. The maximum absolute atomic E-state index is 11.8. The molecule has 0 unspecified atom stereocenters. The van der Waals surface area contributed by atoms with E-state index in [4.69, 9.17) is 11.6 Å². The lowest BCUT2D eigenvalue weighted by Gasteiger charge is -2.16. The van der Waals surface area contributed by atoms with E-state index in [2.05, 4.69) is 15.5 Å². The van der Waals surface area contributed by atoms with Crippen molar-refractivity contribution in [2.75, 3.05) is 19.4 Å². The molecule has 20 heavy (non-hydrogen) atoms. The van der Waals surface area contributed by atoms with Gasteiger partial charge in [-0.2, -0.15) is 0 Å². The third-order valence-corrected chi connectivity index (χ3v) is 3.90. The normalized spacial score (nSPS) is 12.0. The summed E-state index contributed by atoms with van der Waals surface area (Å²) in [7, 11) is 3.44. The zero-order chi connectivity index (χ0) is 14.7. The first-order chi connectivity index (χ1) is 9.49. The molecule has 0 saturated heterocycles. The Morgan fingerprint density at radius 1 is 1.35 bits per heavy atom. The topological polar surface area (TPSA) is 58.1 Å². The highest BCUT2D eigenvalue weighted by molar-refractivity contribution is 7.18. The highest BCUT2D eigenvalue weighted by atomic mass is 35.5. The lowest BCUT2D eigenvalue weighted by Crippen LogP contribution is -2.36. The Morgan fingerprint density at radius 2 is 2.05 bits per heavy atom. The van der Waals surface area contributed by atoms with E-state index in [9.17, 15) is 4.79 Å². The van der Waals surface area contributed by atoms with E-state index in [-0.39, 0.29) is 11.9 Å². The first-order valence-electron chi connectivity index (χ1n) is 6.05. The average molecular weight is 311 g/mol. The molecule has 0 aliphatic heterocycles. The van der Waals surface area contributed by atoms with E-state index < -0.39 is 0 Å². The number of amides is 1. The van der Waals surface area contributed by atoms with Crippen LogP contribution in [0.5, 0.6) is 0 Å². The van der Waals surface area contributed by atoms with Gasteiger partial charge < -0.3 is 10.2 Å². The third-order valence-electron chi connectivity index (χ3n) is 2.68. The second kappa shape index (κ2) is 6.19. The number of hydrogen-bond donors (Lipinski definition) is 1. The number of nitrogens with one attached hydrogen (secondary N) is 1. The highest BCUT2D eigenvalue weighted by Crippen LogP contribution is 2.31. The van der Waals surface area contributed by atoms with Crippen LogP contribution in [0.15, 0.2) is 24.3 Å². The number of anilines is 1. The van der Waals surface area contributed by atoms with Gasteiger partial charge in [-0.3, -0.25) is 4.79 Å². The Hall–Kier alpha value is -1.66. The van der Waals surface area contributed by atoms with Crippen molar-refractivity contribution in [3.8, 4) is 10.6 Å². The van der Waals surface area contributed by atoms with Gasteiger partial charge in [0.25, 0.3) is 0 Å². The van der Waals surface area contributed by atoms with Crippen LogP contribution in [0.3, 0.4) is 0 Å². The second-order valence-electron chi connectivity index (χ2n) is 4.49. The molecular formula is C13H15ClN4OS. The van der Waals surface area contributed by atoms with Crippen molar-refractivity contribution in [1.82, 2.24) is 15.1 Å². The van der Waals surface area contributed by atoms with E-state index in [0.717, 1.165) is 10.6 Å². The van der Waals surface area contributed by atoms with Gasteiger partial charge in [-0.05, 0) is 13.0 Å². The quantitative estimate of drug-likeness (QED) is 0.943. The molecule has 7 heteroatoms. The van der Waals surface area contributed by atoms with Crippen LogP contribution in [0.25, 0.3) is 10.6 Å². The summed E-state index contributed by atoms with van der Waals surface area (Å²) in [5, 5.41) is 13.1. The molecular weight excluding hydrogens is 296 g/mol. The minimum atomic E-state index is -0.350. The van der Waals surface area contributed by atoms with Crippen molar-refractivity contribution < 1.29 is 4.79 Å². The molecule has 1 N–H and O–H groups in total. The summed E-state index contributed by atoms with van der Waals surface area (Å²) < 4.78 is 0. The number of nitrogens with zero attached hydrogens (tertiary/aromatic N) is 3. The van der Waals surface area contributed by atoms with Crippen molar-refractivity contribution >= 4 is 34.0 Å². The Bertz CT molecular complexity index is 614. The van der Waals surface area contributed by atoms with Crippen LogP contribution in [-0.2, 0) is 4.79 Å². The van der Waals surface area contributed by atoms with E-state index in [0.29, 0.717) is 10.2 Å². The fourth-order valence-corrected chi connectivity index (χ4v) is 2.81. The van der Waals surface area contributed by atoms with Crippen molar-refractivity contribution in [2.45, 2.75) is 13.0 Å². The second-order valence-corrected chi connectivity index (χ2v) is 5.88. The number of hydrogen-bond acceptors (Lipinski definition) is 5. The van der Waals surface area contributed by atoms with Gasteiger partial charge in [-0.1, -0.05) is 41.1 Å². The zero-order valence-electron chi connectivity index (χ0n) is 11.4. The first-order valence-corrected chi connectivity index (χ1v) is 7.24. The number of carbonyl (C=O) groups excluding carboxylic acids is 1. The van der Waals surface area contributed by atoms with Crippen molar-refractivity contribution in [3.05, 3.63) is 29.3 Å². The Kier molecular flexibility index (Phi) is 4.57. The molecule has 106 valence electrons. The summed E-state index contributed by atoms with van der Waals surface area (Å²) in [6.45, 7) is 1.79. The molecule has 0 aliphatic carbocycles. The van der Waals surface area contributed by atoms with Crippen LogP contribution in [0, 0.1) is 0 Å². The molecule has 1 aromatic heterocycles. The molecule has 1 atom stereocenters. The SMILES string of the molecule is C[C@H](Nc1nnc(-c2ccccc2Cl)s1)C(=O)N(C)C. The van der Waals surface area contributed by atoms with Gasteiger partial charge in [0, 0.05) is 19.7 Å². The molecule has 0 radical (unpaired) electrons. The van der Waals surface area contributed by atoms with E-state index in [1.54, 1.807) is 21.0 Å². The Balaban J connectivity index is 2.14. The van der Waals surface area contributed by atoms with Crippen LogP contribution in [0.4, 0.5) is 5.13 Å².